The Kier molecular flexibility index (Phi) is 11.3. The Morgan fingerprint density at radius 3 is 2.28 bits per heavy atom. The van der Waals surface area contributed by atoms with Gasteiger partial charge in [0.05, 0.1) is 11.3 Å². The summed E-state index contributed by atoms with van der Waals surface area (Å²) < 4.78 is 2.92. The number of imidazole rings is 1. The molecule has 0 aliphatic heterocycles. The maximum absolute atomic E-state index is 12.5. The second-order valence-corrected chi connectivity index (χ2v) is 8.79. The Labute approximate surface area is 175 Å². The lowest BCUT2D eigenvalue weighted by atomic mass is 9.94. The van der Waals surface area contributed by atoms with Gasteiger partial charge in [-0.3, -0.25) is 9.13 Å². The molecule has 0 spiro atoms. The average molecular weight is 411 g/mol. The lowest BCUT2D eigenvalue weighted by Gasteiger charge is -2.23. The zero-order valence-corrected chi connectivity index (χ0v) is 19.0. The van der Waals surface area contributed by atoms with Crippen molar-refractivity contribution >= 4 is 5.78 Å². The molecule has 6 heteroatoms. The number of hydrogen-bond donors (Lipinski definition) is 2. The van der Waals surface area contributed by atoms with Crippen molar-refractivity contribution in [3.05, 3.63) is 16.2 Å². The van der Waals surface area contributed by atoms with Crippen LogP contribution >= 0.6 is 0 Å². The number of aliphatic hydroxyl groups is 1. The van der Waals surface area contributed by atoms with Gasteiger partial charge < -0.3 is 15.0 Å². The third-order valence-corrected chi connectivity index (χ3v) is 5.80. The lowest BCUT2D eigenvalue weighted by molar-refractivity contribution is -0.117. The van der Waals surface area contributed by atoms with Crippen LogP contribution in [0.3, 0.4) is 0 Å². The second-order valence-electron chi connectivity index (χ2n) is 8.79. The van der Waals surface area contributed by atoms with Gasteiger partial charge in [0.15, 0.2) is 0 Å². The molecule has 1 aromatic rings. The first-order valence-corrected chi connectivity index (χ1v) is 11.4. The van der Waals surface area contributed by atoms with Crippen molar-refractivity contribution in [2.24, 2.45) is 7.05 Å². The fourth-order valence-corrected chi connectivity index (χ4v) is 3.79. The summed E-state index contributed by atoms with van der Waals surface area (Å²) in [7, 11) is 1.59. The van der Waals surface area contributed by atoms with E-state index >= 15 is 0 Å². The molecule has 0 aliphatic carbocycles. The molecule has 2 N–H and O–H groups in total. The van der Waals surface area contributed by atoms with E-state index < -0.39 is 5.60 Å². The van der Waals surface area contributed by atoms with E-state index in [2.05, 4.69) is 6.92 Å². The number of unbranched alkanes of at least 4 members (excludes halogenated alkanes) is 7. The Balaban J connectivity index is 2.57. The Hall–Kier alpha value is -1.56. The molecule has 1 aromatic heterocycles. The topological polar surface area (TPSA) is 84.5 Å². The molecule has 0 radical (unpaired) electrons. The number of aromatic nitrogens is 2. The minimum absolute atomic E-state index is 0.0363. The molecule has 1 heterocycles. The van der Waals surface area contributed by atoms with E-state index in [1.54, 1.807) is 18.5 Å². The van der Waals surface area contributed by atoms with Crippen molar-refractivity contribution in [2.75, 3.05) is 0 Å². The molecule has 0 aliphatic rings. The number of ketones is 1. The number of hydrogen-bond acceptors (Lipinski definition) is 4. The normalized spacial score (nSPS) is 13.6. The quantitative estimate of drug-likeness (QED) is 0.394. The summed E-state index contributed by atoms with van der Waals surface area (Å²) in [6, 6.07) is 0. The smallest absolute Gasteiger partial charge is 0.331 e. The van der Waals surface area contributed by atoms with Gasteiger partial charge in [0.2, 0.25) is 5.88 Å². The molecule has 0 saturated heterocycles. The highest BCUT2D eigenvalue weighted by molar-refractivity contribution is 5.75. The highest BCUT2D eigenvalue weighted by atomic mass is 16.3. The first-order valence-electron chi connectivity index (χ1n) is 11.4. The van der Waals surface area contributed by atoms with Crippen LogP contribution in [-0.4, -0.2) is 30.7 Å². The van der Waals surface area contributed by atoms with E-state index in [4.69, 9.17) is 0 Å². The largest absolute Gasteiger partial charge is 0.493 e. The predicted octanol–water partition coefficient (Wildman–Crippen LogP) is 4.48. The molecule has 1 unspecified atom stereocenters. The van der Waals surface area contributed by atoms with Crippen LogP contribution in [0.25, 0.3) is 0 Å². The van der Waals surface area contributed by atoms with Crippen LogP contribution in [0, 0.1) is 0 Å². The van der Waals surface area contributed by atoms with E-state index in [9.17, 15) is 19.8 Å². The Morgan fingerprint density at radius 2 is 1.62 bits per heavy atom. The van der Waals surface area contributed by atoms with E-state index in [1.807, 2.05) is 6.92 Å². The third kappa shape index (κ3) is 9.20. The average Bonchev–Trinajstić information content (AvgIpc) is 2.86. The standard InChI is InChI=1S/C23H42N2O4/c1-5-6-7-13-16-23(3,29)17-18-25-20(21(27)24(4)22(25)28)15-12-10-8-9-11-14-19(2)26/h27,29H,5-18H2,1-4H3. The van der Waals surface area contributed by atoms with Gasteiger partial charge in [-0.25, -0.2) is 4.79 Å². The summed E-state index contributed by atoms with van der Waals surface area (Å²) in [5.74, 6) is 0.277. The number of aromatic hydroxyl groups is 1. The molecular weight excluding hydrogens is 368 g/mol. The first-order chi connectivity index (χ1) is 13.7. The number of rotatable bonds is 16. The number of carbonyl (C=O) groups excluding carboxylic acids is 1. The number of carbonyl (C=O) groups is 1. The van der Waals surface area contributed by atoms with Gasteiger partial charge in [0.25, 0.3) is 0 Å². The van der Waals surface area contributed by atoms with Gasteiger partial charge in [-0.2, -0.15) is 0 Å². The molecule has 0 saturated carbocycles. The number of Topliss-reactive ketones (excluding diaryl/α,β-unsaturated/α-hetero) is 1. The summed E-state index contributed by atoms with van der Waals surface area (Å²) in [6.07, 6.45) is 11.9. The van der Waals surface area contributed by atoms with E-state index in [-0.39, 0.29) is 17.4 Å². The maximum atomic E-state index is 12.5. The van der Waals surface area contributed by atoms with Gasteiger partial charge in [-0.1, -0.05) is 51.9 Å². The van der Waals surface area contributed by atoms with Crippen LogP contribution in [-0.2, 0) is 24.8 Å². The maximum Gasteiger partial charge on any atom is 0.331 e. The van der Waals surface area contributed by atoms with Crippen LogP contribution in [0.2, 0.25) is 0 Å². The zero-order chi connectivity index (χ0) is 21.9. The van der Waals surface area contributed by atoms with Gasteiger partial charge in [0, 0.05) is 20.0 Å². The fraction of sp³-hybridized carbons (Fsp3) is 0.826. The van der Waals surface area contributed by atoms with Gasteiger partial charge in [-0.05, 0) is 46.0 Å². The summed E-state index contributed by atoms with van der Waals surface area (Å²) >= 11 is 0. The predicted molar refractivity (Wildman–Crippen MR) is 117 cm³/mol. The van der Waals surface area contributed by atoms with Crippen molar-refractivity contribution in [3.8, 4) is 5.88 Å². The van der Waals surface area contributed by atoms with Crippen molar-refractivity contribution < 1.29 is 15.0 Å². The molecule has 0 bridgehead atoms. The van der Waals surface area contributed by atoms with Gasteiger partial charge >= 0.3 is 5.69 Å². The second kappa shape index (κ2) is 12.9. The van der Waals surface area contributed by atoms with Crippen molar-refractivity contribution in [2.45, 2.75) is 116 Å². The zero-order valence-electron chi connectivity index (χ0n) is 19.0. The first kappa shape index (κ1) is 25.5. The summed E-state index contributed by atoms with van der Waals surface area (Å²) in [5.41, 5.74) is -0.351. The molecule has 6 nitrogen and oxygen atoms in total. The van der Waals surface area contributed by atoms with Crippen LogP contribution in [0.1, 0.15) is 104 Å². The van der Waals surface area contributed by atoms with Crippen LogP contribution < -0.4 is 5.69 Å². The number of nitrogens with zero attached hydrogens (tertiary/aromatic N) is 2. The molecule has 1 rings (SSSR count). The van der Waals surface area contributed by atoms with E-state index in [1.165, 1.54) is 17.4 Å². The SMILES string of the molecule is CCCCCCC(C)(O)CCn1c(CCCCCCCC(C)=O)c(O)n(C)c1=O. The lowest BCUT2D eigenvalue weighted by Crippen LogP contribution is -2.30. The fourth-order valence-electron chi connectivity index (χ4n) is 3.79. The van der Waals surface area contributed by atoms with Crippen LogP contribution in [0.15, 0.2) is 4.79 Å². The summed E-state index contributed by atoms with van der Waals surface area (Å²) in [6.45, 7) is 6.05. The Morgan fingerprint density at radius 1 is 1.00 bits per heavy atom. The van der Waals surface area contributed by atoms with Crippen LogP contribution in [0.5, 0.6) is 5.88 Å². The molecule has 29 heavy (non-hydrogen) atoms. The molecule has 0 amide bonds. The van der Waals surface area contributed by atoms with E-state index in [0.717, 1.165) is 51.4 Å². The Bertz CT molecular complexity index is 673. The highest BCUT2D eigenvalue weighted by Crippen LogP contribution is 2.23. The summed E-state index contributed by atoms with van der Waals surface area (Å²) in [5, 5.41) is 21.0. The van der Waals surface area contributed by atoms with Crippen molar-refractivity contribution in [1.82, 2.24) is 9.13 Å². The minimum atomic E-state index is -0.799. The molecule has 1 atom stereocenters. The summed E-state index contributed by atoms with van der Waals surface area (Å²) in [4.78, 5) is 23.5. The molecule has 168 valence electrons. The highest BCUT2D eigenvalue weighted by Gasteiger charge is 2.23. The third-order valence-electron chi connectivity index (χ3n) is 5.80. The molecular formula is C23H42N2O4. The van der Waals surface area contributed by atoms with E-state index in [0.29, 0.717) is 31.5 Å². The molecule has 0 fully saturated rings. The minimum Gasteiger partial charge on any atom is -0.493 e. The molecule has 0 aromatic carbocycles. The van der Waals surface area contributed by atoms with Crippen molar-refractivity contribution in [3.63, 3.8) is 0 Å². The monoisotopic (exact) mass is 410 g/mol. The van der Waals surface area contributed by atoms with Gasteiger partial charge in [0.1, 0.15) is 5.78 Å². The van der Waals surface area contributed by atoms with Crippen LogP contribution in [0.4, 0.5) is 0 Å². The van der Waals surface area contributed by atoms with Crippen molar-refractivity contribution in [1.29, 1.82) is 0 Å². The van der Waals surface area contributed by atoms with Gasteiger partial charge in [-0.15, -0.1) is 0 Å².